The van der Waals surface area contributed by atoms with E-state index in [1.54, 1.807) is 10.6 Å². The maximum atomic E-state index is 14.9. The summed E-state index contributed by atoms with van der Waals surface area (Å²) in [5.74, 6) is -3.05. The topological polar surface area (TPSA) is 46.8 Å². The zero-order chi connectivity index (χ0) is 20.2. The summed E-state index contributed by atoms with van der Waals surface area (Å²) >= 11 is 12.0. The van der Waals surface area contributed by atoms with E-state index in [0.29, 0.717) is 17.0 Å². The molecule has 10 heteroatoms. The first-order valence-corrected chi connectivity index (χ1v) is 9.44. The Labute approximate surface area is 169 Å². The molecule has 4 rings (SSSR count). The van der Waals surface area contributed by atoms with Gasteiger partial charge in [0.05, 0.1) is 29.0 Å². The van der Waals surface area contributed by atoms with Gasteiger partial charge < -0.3 is 9.47 Å². The van der Waals surface area contributed by atoms with Crippen molar-refractivity contribution in [2.45, 2.75) is 32.2 Å². The van der Waals surface area contributed by atoms with Crippen molar-refractivity contribution in [3.05, 3.63) is 34.5 Å². The number of hydrogen-bond acceptors (Lipinski definition) is 4. The lowest BCUT2D eigenvalue weighted by Gasteiger charge is -2.21. The smallest absolute Gasteiger partial charge is 0.267 e. The SMILES string of the molecule is CC(C)n1c(N2CCC(F)(F)C2)nc2c(F)cc(-c3nc(Cl)ncc3Cl)cc21. The number of rotatable bonds is 3. The summed E-state index contributed by atoms with van der Waals surface area (Å²) < 4.78 is 44.1. The second kappa shape index (κ2) is 6.77. The van der Waals surface area contributed by atoms with Crippen molar-refractivity contribution in [2.75, 3.05) is 18.0 Å². The fourth-order valence-electron chi connectivity index (χ4n) is 3.46. The Kier molecular flexibility index (Phi) is 4.66. The van der Waals surface area contributed by atoms with Crippen LogP contribution in [0.3, 0.4) is 0 Å². The summed E-state index contributed by atoms with van der Waals surface area (Å²) in [4.78, 5) is 13.7. The zero-order valence-electron chi connectivity index (χ0n) is 15.1. The van der Waals surface area contributed by atoms with E-state index in [-0.39, 0.29) is 40.5 Å². The molecule has 2 aromatic heterocycles. The number of alkyl halides is 2. The fraction of sp³-hybridized carbons (Fsp3) is 0.389. The van der Waals surface area contributed by atoms with Crippen molar-refractivity contribution in [1.29, 1.82) is 0 Å². The summed E-state index contributed by atoms with van der Waals surface area (Å²) in [5, 5.41) is 0.204. The Morgan fingerprint density at radius 2 is 1.93 bits per heavy atom. The molecule has 0 saturated carbocycles. The van der Waals surface area contributed by atoms with Gasteiger partial charge in [-0.3, -0.25) is 0 Å². The van der Waals surface area contributed by atoms with E-state index in [1.165, 1.54) is 17.2 Å². The number of benzene rings is 1. The maximum absolute atomic E-state index is 14.9. The first kappa shape index (κ1) is 19.3. The van der Waals surface area contributed by atoms with Gasteiger partial charge in [-0.1, -0.05) is 11.6 Å². The molecule has 0 N–H and O–H groups in total. The molecule has 1 aliphatic rings. The first-order valence-electron chi connectivity index (χ1n) is 8.69. The van der Waals surface area contributed by atoms with Gasteiger partial charge >= 0.3 is 0 Å². The average Bonchev–Trinajstić information content (AvgIpc) is 3.17. The molecule has 0 aliphatic carbocycles. The number of imidazole rings is 1. The van der Waals surface area contributed by atoms with E-state index in [9.17, 15) is 13.2 Å². The first-order chi connectivity index (χ1) is 13.2. The molecule has 1 aromatic carbocycles. The zero-order valence-corrected chi connectivity index (χ0v) is 16.6. The van der Waals surface area contributed by atoms with Crippen LogP contribution in [0.2, 0.25) is 10.3 Å². The van der Waals surface area contributed by atoms with Crippen LogP contribution in [0.1, 0.15) is 26.3 Å². The highest BCUT2D eigenvalue weighted by Gasteiger charge is 2.40. The van der Waals surface area contributed by atoms with Gasteiger partial charge in [0, 0.05) is 24.6 Å². The summed E-state index contributed by atoms with van der Waals surface area (Å²) in [5.41, 5.74) is 1.27. The largest absolute Gasteiger partial charge is 0.336 e. The van der Waals surface area contributed by atoms with Crippen molar-refractivity contribution in [2.24, 2.45) is 0 Å². The minimum Gasteiger partial charge on any atom is -0.336 e. The predicted octanol–water partition coefficient (Wildman–Crippen LogP) is 5.37. The van der Waals surface area contributed by atoms with Crippen molar-refractivity contribution in [3.63, 3.8) is 0 Å². The predicted molar refractivity (Wildman–Crippen MR) is 103 cm³/mol. The van der Waals surface area contributed by atoms with Crippen molar-refractivity contribution in [1.82, 2.24) is 19.5 Å². The lowest BCUT2D eigenvalue weighted by Crippen LogP contribution is -2.27. The molecule has 1 fully saturated rings. The summed E-state index contributed by atoms with van der Waals surface area (Å²) in [6.07, 6.45) is 1.09. The number of nitrogens with zero attached hydrogens (tertiary/aromatic N) is 5. The van der Waals surface area contributed by atoms with Gasteiger partial charge in [-0.05, 0) is 37.6 Å². The third-order valence-corrected chi connectivity index (χ3v) is 5.15. The Bertz CT molecular complexity index is 1070. The van der Waals surface area contributed by atoms with Crippen molar-refractivity contribution >= 4 is 40.2 Å². The molecule has 5 nitrogen and oxygen atoms in total. The molecular weight excluding hydrogens is 414 g/mol. The molecular formula is C18H16Cl2F3N5. The quantitative estimate of drug-likeness (QED) is 0.525. The third kappa shape index (κ3) is 3.28. The lowest BCUT2D eigenvalue weighted by molar-refractivity contribution is 0.0256. The highest BCUT2D eigenvalue weighted by atomic mass is 35.5. The minimum atomic E-state index is -2.78. The van der Waals surface area contributed by atoms with Crippen LogP contribution in [0.15, 0.2) is 18.3 Å². The van der Waals surface area contributed by atoms with E-state index >= 15 is 0 Å². The van der Waals surface area contributed by atoms with Gasteiger partial charge in [0.15, 0.2) is 5.82 Å². The molecule has 148 valence electrons. The third-order valence-electron chi connectivity index (χ3n) is 4.69. The monoisotopic (exact) mass is 429 g/mol. The van der Waals surface area contributed by atoms with Crippen LogP contribution >= 0.6 is 23.2 Å². The Hall–Kier alpha value is -2.06. The van der Waals surface area contributed by atoms with Gasteiger partial charge in [-0.25, -0.2) is 28.1 Å². The van der Waals surface area contributed by atoms with Crippen LogP contribution in [0.25, 0.3) is 22.3 Å². The summed E-state index contributed by atoms with van der Waals surface area (Å²) in [7, 11) is 0. The van der Waals surface area contributed by atoms with Crippen LogP contribution in [-0.4, -0.2) is 38.5 Å². The fourth-order valence-corrected chi connectivity index (χ4v) is 3.80. The van der Waals surface area contributed by atoms with Gasteiger partial charge in [0.1, 0.15) is 5.52 Å². The van der Waals surface area contributed by atoms with Crippen molar-refractivity contribution in [3.8, 4) is 11.3 Å². The molecule has 3 aromatic rings. The van der Waals surface area contributed by atoms with Gasteiger partial charge in [0.25, 0.3) is 5.92 Å². The van der Waals surface area contributed by atoms with Crippen molar-refractivity contribution < 1.29 is 13.2 Å². The average molecular weight is 430 g/mol. The van der Waals surface area contributed by atoms with E-state index in [0.717, 1.165) is 0 Å². The molecule has 3 heterocycles. The number of fused-ring (bicyclic) bond motifs is 1. The van der Waals surface area contributed by atoms with Crippen LogP contribution in [0.5, 0.6) is 0 Å². The standard InChI is InChI=1S/C18H16Cl2F3N5/c1-9(2)28-13-6-10(14-11(19)7-24-16(20)25-14)5-12(21)15(13)26-17(28)27-4-3-18(22,23)8-27/h5-7,9H,3-4,8H2,1-2H3. The highest BCUT2D eigenvalue weighted by Crippen LogP contribution is 2.37. The second-order valence-corrected chi connectivity index (χ2v) is 7.81. The lowest BCUT2D eigenvalue weighted by atomic mass is 10.1. The van der Waals surface area contributed by atoms with E-state index < -0.39 is 18.3 Å². The number of hydrogen-bond donors (Lipinski definition) is 0. The van der Waals surface area contributed by atoms with Crippen LogP contribution in [0.4, 0.5) is 19.1 Å². The van der Waals surface area contributed by atoms with Crippen LogP contribution in [0, 0.1) is 5.82 Å². The van der Waals surface area contributed by atoms with Gasteiger partial charge in [-0.2, -0.15) is 0 Å². The highest BCUT2D eigenvalue weighted by molar-refractivity contribution is 6.33. The molecule has 0 atom stereocenters. The minimum absolute atomic E-state index is 0.0164. The maximum Gasteiger partial charge on any atom is 0.267 e. The molecule has 0 radical (unpaired) electrons. The molecule has 28 heavy (non-hydrogen) atoms. The van der Waals surface area contributed by atoms with Crippen LogP contribution in [-0.2, 0) is 0 Å². The molecule has 0 spiro atoms. The number of aromatic nitrogens is 4. The molecule has 0 bridgehead atoms. The van der Waals surface area contributed by atoms with E-state index in [1.807, 2.05) is 13.8 Å². The van der Waals surface area contributed by atoms with Crippen LogP contribution < -0.4 is 4.90 Å². The van der Waals surface area contributed by atoms with E-state index in [2.05, 4.69) is 15.0 Å². The molecule has 1 aliphatic heterocycles. The Morgan fingerprint density at radius 1 is 1.18 bits per heavy atom. The Balaban J connectivity index is 1.92. The number of anilines is 1. The van der Waals surface area contributed by atoms with E-state index in [4.69, 9.17) is 23.2 Å². The molecule has 1 saturated heterocycles. The Morgan fingerprint density at radius 3 is 2.57 bits per heavy atom. The molecule has 0 amide bonds. The number of halogens is 5. The van der Waals surface area contributed by atoms with Gasteiger partial charge in [0.2, 0.25) is 11.2 Å². The van der Waals surface area contributed by atoms with Gasteiger partial charge in [-0.15, -0.1) is 0 Å². The summed E-state index contributed by atoms with van der Waals surface area (Å²) in [6.45, 7) is 3.49. The second-order valence-electron chi connectivity index (χ2n) is 7.06. The normalized spacial score (nSPS) is 16.5. The molecule has 0 unspecified atom stereocenters. The summed E-state index contributed by atoms with van der Waals surface area (Å²) in [6, 6.07) is 2.81.